The van der Waals surface area contributed by atoms with E-state index < -0.39 is 0 Å². The summed E-state index contributed by atoms with van der Waals surface area (Å²) in [6, 6.07) is 7.10. The monoisotopic (exact) mass is 261 g/mol. The Bertz CT molecular complexity index is 479. The van der Waals surface area contributed by atoms with Gasteiger partial charge in [0.25, 0.3) is 5.91 Å². The third-order valence-electron chi connectivity index (χ3n) is 3.25. The molecule has 2 rings (SSSR count). The van der Waals surface area contributed by atoms with Gasteiger partial charge in [0.1, 0.15) is 0 Å². The molecule has 5 heteroatoms. The van der Waals surface area contributed by atoms with Gasteiger partial charge in [0.2, 0.25) is 5.91 Å². The van der Waals surface area contributed by atoms with Crippen molar-refractivity contribution in [2.75, 3.05) is 32.5 Å². The number of rotatable bonds is 3. The number of carbonyl (C=O) groups is 2. The molecule has 0 saturated carbocycles. The molecule has 1 aromatic carbocycles. The molecule has 1 fully saturated rings. The molecule has 0 radical (unpaired) electrons. The molecule has 0 aliphatic carbocycles. The first-order valence-corrected chi connectivity index (χ1v) is 6.42. The van der Waals surface area contributed by atoms with Crippen LogP contribution in [0.25, 0.3) is 0 Å². The lowest BCUT2D eigenvalue weighted by Crippen LogP contribution is -2.27. The zero-order chi connectivity index (χ0) is 13.8. The molecule has 0 spiro atoms. The fraction of sp³-hybridized carbons (Fsp3) is 0.429. The van der Waals surface area contributed by atoms with Gasteiger partial charge in [-0.2, -0.15) is 0 Å². The van der Waals surface area contributed by atoms with Gasteiger partial charge in [0, 0.05) is 20.6 Å². The molecule has 19 heavy (non-hydrogen) atoms. The summed E-state index contributed by atoms with van der Waals surface area (Å²) < 4.78 is 0. The summed E-state index contributed by atoms with van der Waals surface area (Å²) in [5.41, 5.74) is 1.10. The second-order valence-corrected chi connectivity index (χ2v) is 4.92. The second-order valence-electron chi connectivity index (χ2n) is 4.92. The maximum atomic E-state index is 12.1. The standard InChI is InChI=1S/C14H19N3O2/c1-17(2)14(19)11-5-3-4-6-12(11)16-13(18)10-7-8-15-9-10/h3-6,10,15H,7-9H2,1-2H3,(H,16,18). The normalized spacial score (nSPS) is 18.1. The van der Waals surface area contributed by atoms with Gasteiger partial charge in [-0.05, 0) is 25.1 Å². The molecule has 2 N–H and O–H groups in total. The van der Waals surface area contributed by atoms with Crippen LogP contribution in [0.4, 0.5) is 5.69 Å². The number of carbonyl (C=O) groups excluding carboxylic acids is 2. The Morgan fingerprint density at radius 2 is 2.05 bits per heavy atom. The molecule has 0 aromatic heterocycles. The summed E-state index contributed by atoms with van der Waals surface area (Å²) in [5, 5.41) is 6.02. The smallest absolute Gasteiger partial charge is 0.255 e. The summed E-state index contributed by atoms with van der Waals surface area (Å²) in [6.45, 7) is 1.58. The third kappa shape index (κ3) is 3.12. The topological polar surface area (TPSA) is 61.4 Å². The van der Waals surface area contributed by atoms with Crippen LogP contribution in [0.2, 0.25) is 0 Å². The molecular weight excluding hydrogens is 242 g/mol. The Morgan fingerprint density at radius 3 is 2.68 bits per heavy atom. The largest absolute Gasteiger partial charge is 0.345 e. The Hall–Kier alpha value is -1.88. The van der Waals surface area contributed by atoms with Gasteiger partial charge < -0.3 is 15.5 Å². The van der Waals surface area contributed by atoms with Crippen LogP contribution < -0.4 is 10.6 Å². The van der Waals surface area contributed by atoms with Crippen LogP contribution in [0.15, 0.2) is 24.3 Å². The van der Waals surface area contributed by atoms with Crippen molar-refractivity contribution >= 4 is 17.5 Å². The van der Waals surface area contributed by atoms with Crippen LogP contribution in [0.1, 0.15) is 16.8 Å². The molecule has 1 unspecified atom stereocenters. The van der Waals surface area contributed by atoms with Crippen molar-refractivity contribution in [3.05, 3.63) is 29.8 Å². The van der Waals surface area contributed by atoms with Crippen LogP contribution in [0, 0.1) is 5.92 Å². The molecule has 0 bridgehead atoms. The number of hydrogen-bond donors (Lipinski definition) is 2. The van der Waals surface area contributed by atoms with Gasteiger partial charge in [-0.3, -0.25) is 9.59 Å². The molecule has 2 amide bonds. The predicted octanol–water partition coefficient (Wildman–Crippen LogP) is 0.936. The molecule has 1 heterocycles. The summed E-state index contributed by atoms with van der Waals surface area (Å²) in [5.74, 6) is -0.146. The number of amides is 2. The van der Waals surface area contributed by atoms with E-state index in [0.717, 1.165) is 13.0 Å². The Balaban J connectivity index is 2.15. The minimum Gasteiger partial charge on any atom is -0.345 e. The molecular formula is C14H19N3O2. The Morgan fingerprint density at radius 1 is 1.32 bits per heavy atom. The zero-order valence-electron chi connectivity index (χ0n) is 11.3. The zero-order valence-corrected chi connectivity index (χ0v) is 11.3. The van der Waals surface area contributed by atoms with E-state index in [-0.39, 0.29) is 17.7 Å². The van der Waals surface area contributed by atoms with E-state index in [1.54, 1.807) is 32.3 Å². The van der Waals surface area contributed by atoms with E-state index in [2.05, 4.69) is 10.6 Å². The van der Waals surface area contributed by atoms with E-state index in [9.17, 15) is 9.59 Å². The SMILES string of the molecule is CN(C)C(=O)c1ccccc1NC(=O)C1CCNC1. The maximum Gasteiger partial charge on any atom is 0.255 e. The highest BCUT2D eigenvalue weighted by Crippen LogP contribution is 2.18. The van der Waals surface area contributed by atoms with E-state index in [1.807, 2.05) is 6.07 Å². The van der Waals surface area contributed by atoms with Gasteiger partial charge in [0.15, 0.2) is 0 Å². The number of para-hydroxylation sites is 1. The highest BCUT2D eigenvalue weighted by atomic mass is 16.2. The van der Waals surface area contributed by atoms with Crippen LogP contribution in [0.5, 0.6) is 0 Å². The van der Waals surface area contributed by atoms with E-state index >= 15 is 0 Å². The highest BCUT2D eigenvalue weighted by molar-refractivity contribution is 6.04. The van der Waals surface area contributed by atoms with Crippen LogP contribution >= 0.6 is 0 Å². The summed E-state index contributed by atoms with van der Waals surface area (Å²) in [6.07, 6.45) is 0.843. The molecule has 1 aromatic rings. The van der Waals surface area contributed by atoms with Gasteiger partial charge in [-0.25, -0.2) is 0 Å². The lowest BCUT2D eigenvalue weighted by Gasteiger charge is -2.16. The lowest BCUT2D eigenvalue weighted by atomic mass is 10.1. The number of nitrogens with one attached hydrogen (secondary N) is 2. The molecule has 102 valence electrons. The predicted molar refractivity (Wildman–Crippen MR) is 74.1 cm³/mol. The minimum absolute atomic E-state index is 0.0116. The van der Waals surface area contributed by atoms with Crippen molar-refractivity contribution in [1.82, 2.24) is 10.2 Å². The fourth-order valence-electron chi connectivity index (χ4n) is 2.13. The summed E-state index contributed by atoms with van der Waals surface area (Å²) in [4.78, 5) is 25.6. The molecule has 1 saturated heterocycles. The van der Waals surface area contributed by atoms with E-state index in [1.165, 1.54) is 4.90 Å². The number of nitrogens with zero attached hydrogens (tertiary/aromatic N) is 1. The maximum absolute atomic E-state index is 12.1. The third-order valence-corrected chi connectivity index (χ3v) is 3.25. The van der Waals surface area contributed by atoms with Crippen molar-refractivity contribution in [2.24, 2.45) is 5.92 Å². The van der Waals surface area contributed by atoms with Crippen LogP contribution in [-0.2, 0) is 4.79 Å². The highest BCUT2D eigenvalue weighted by Gasteiger charge is 2.23. The lowest BCUT2D eigenvalue weighted by molar-refractivity contribution is -0.119. The molecule has 5 nitrogen and oxygen atoms in total. The Labute approximate surface area is 113 Å². The van der Waals surface area contributed by atoms with Gasteiger partial charge >= 0.3 is 0 Å². The number of hydrogen-bond acceptors (Lipinski definition) is 3. The second kappa shape index (κ2) is 5.84. The van der Waals surface area contributed by atoms with Crippen molar-refractivity contribution in [2.45, 2.75) is 6.42 Å². The van der Waals surface area contributed by atoms with Gasteiger partial charge in [-0.1, -0.05) is 12.1 Å². The van der Waals surface area contributed by atoms with Crippen molar-refractivity contribution in [3.63, 3.8) is 0 Å². The van der Waals surface area contributed by atoms with Gasteiger partial charge in [0.05, 0.1) is 17.2 Å². The fourth-order valence-corrected chi connectivity index (χ4v) is 2.13. The van der Waals surface area contributed by atoms with E-state index in [4.69, 9.17) is 0 Å². The van der Waals surface area contributed by atoms with Crippen LogP contribution in [-0.4, -0.2) is 43.9 Å². The first-order valence-electron chi connectivity index (χ1n) is 6.42. The van der Waals surface area contributed by atoms with Gasteiger partial charge in [-0.15, -0.1) is 0 Å². The number of anilines is 1. The first-order chi connectivity index (χ1) is 9.09. The van der Waals surface area contributed by atoms with Crippen LogP contribution in [0.3, 0.4) is 0 Å². The van der Waals surface area contributed by atoms with E-state index in [0.29, 0.717) is 17.8 Å². The Kier molecular flexibility index (Phi) is 4.16. The quantitative estimate of drug-likeness (QED) is 0.851. The minimum atomic E-state index is -0.111. The van der Waals surface area contributed by atoms with Crippen molar-refractivity contribution < 1.29 is 9.59 Å². The molecule has 1 atom stereocenters. The van der Waals surface area contributed by atoms with Crippen molar-refractivity contribution in [1.29, 1.82) is 0 Å². The molecule has 1 aliphatic heterocycles. The first kappa shape index (κ1) is 13.5. The average Bonchev–Trinajstić information content (AvgIpc) is 2.92. The summed E-state index contributed by atoms with van der Waals surface area (Å²) in [7, 11) is 3.39. The average molecular weight is 261 g/mol. The molecule has 1 aliphatic rings. The summed E-state index contributed by atoms with van der Waals surface area (Å²) >= 11 is 0. The van der Waals surface area contributed by atoms with Crippen molar-refractivity contribution in [3.8, 4) is 0 Å². The number of benzene rings is 1.